The Morgan fingerprint density at radius 2 is 2.00 bits per heavy atom. The smallest absolute Gasteiger partial charge is 0.219 e. The average molecular weight is 242 g/mol. The van der Waals surface area contributed by atoms with E-state index in [2.05, 4.69) is 17.0 Å². The highest BCUT2D eigenvalue weighted by molar-refractivity contribution is 5.85. The van der Waals surface area contributed by atoms with Crippen LogP contribution in [0.15, 0.2) is 5.16 Å². The van der Waals surface area contributed by atoms with E-state index in [1.807, 2.05) is 4.90 Å². The van der Waals surface area contributed by atoms with Crippen molar-refractivity contribution >= 4 is 11.7 Å². The maximum atomic E-state index is 11.2. The van der Waals surface area contributed by atoms with Crippen LogP contribution in [0.3, 0.4) is 0 Å². The summed E-state index contributed by atoms with van der Waals surface area (Å²) >= 11 is 0. The van der Waals surface area contributed by atoms with Gasteiger partial charge in [0, 0.05) is 33.1 Å². The summed E-state index contributed by atoms with van der Waals surface area (Å²) in [7, 11) is 0. The van der Waals surface area contributed by atoms with Crippen molar-refractivity contribution in [1.82, 2.24) is 9.80 Å². The van der Waals surface area contributed by atoms with E-state index in [0.29, 0.717) is 13.1 Å². The van der Waals surface area contributed by atoms with E-state index in [-0.39, 0.29) is 17.8 Å². The predicted octanol–water partition coefficient (Wildman–Crippen LogP) is 0.0656. The second-order valence-corrected chi connectivity index (χ2v) is 4.37. The SMILES string of the molecule is CCCC(C(N)=NO)N1CCN(C(C)=O)CC1. The van der Waals surface area contributed by atoms with Crippen LogP contribution in [-0.2, 0) is 4.79 Å². The first kappa shape index (κ1) is 13.8. The number of carbonyl (C=O) groups is 1. The molecular formula is C11H22N4O2. The first-order valence-electron chi connectivity index (χ1n) is 6.07. The van der Waals surface area contributed by atoms with Gasteiger partial charge in [-0.2, -0.15) is 0 Å². The highest BCUT2D eigenvalue weighted by Gasteiger charge is 2.26. The van der Waals surface area contributed by atoms with Gasteiger partial charge in [-0.1, -0.05) is 18.5 Å². The lowest BCUT2D eigenvalue weighted by molar-refractivity contribution is -0.130. The van der Waals surface area contributed by atoms with Crippen LogP contribution in [0.2, 0.25) is 0 Å². The molecule has 0 bridgehead atoms. The van der Waals surface area contributed by atoms with Gasteiger partial charge < -0.3 is 15.8 Å². The number of hydrogen-bond acceptors (Lipinski definition) is 4. The highest BCUT2D eigenvalue weighted by atomic mass is 16.4. The third-order valence-electron chi connectivity index (χ3n) is 3.22. The molecule has 0 saturated carbocycles. The van der Waals surface area contributed by atoms with Gasteiger partial charge in [-0.05, 0) is 6.42 Å². The number of oxime groups is 1. The molecule has 1 rings (SSSR count). The van der Waals surface area contributed by atoms with Crippen molar-refractivity contribution in [3.63, 3.8) is 0 Å². The van der Waals surface area contributed by atoms with Crippen molar-refractivity contribution in [2.24, 2.45) is 10.9 Å². The normalized spacial score (nSPS) is 20.4. The number of amidine groups is 1. The van der Waals surface area contributed by atoms with Crippen molar-refractivity contribution in [2.45, 2.75) is 32.7 Å². The first-order chi connectivity index (χ1) is 8.10. The number of nitrogens with zero attached hydrogens (tertiary/aromatic N) is 3. The molecule has 1 heterocycles. The standard InChI is InChI=1S/C11H22N4O2/c1-3-4-10(11(12)13-17)15-7-5-14(6-8-15)9(2)16/h10,17H,3-8H2,1-2H3,(H2,12,13). The van der Waals surface area contributed by atoms with E-state index in [0.717, 1.165) is 25.9 Å². The molecule has 98 valence electrons. The summed E-state index contributed by atoms with van der Waals surface area (Å²) in [5.41, 5.74) is 5.71. The highest BCUT2D eigenvalue weighted by Crippen LogP contribution is 2.11. The van der Waals surface area contributed by atoms with Gasteiger partial charge in [0.2, 0.25) is 5.91 Å². The third-order valence-corrected chi connectivity index (χ3v) is 3.22. The van der Waals surface area contributed by atoms with E-state index in [9.17, 15) is 4.79 Å². The fourth-order valence-electron chi connectivity index (χ4n) is 2.21. The molecule has 0 aromatic rings. The number of carbonyl (C=O) groups excluding carboxylic acids is 1. The summed E-state index contributed by atoms with van der Waals surface area (Å²) in [5, 5.41) is 11.9. The number of amides is 1. The molecule has 1 saturated heterocycles. The predicted molar refractivity (Wildman–Crippen MR) is 65.9 cm³/mol. The Morgan fingerprint density at radius 3 is 2.41 bits per heavy atom. The summed E-state index contributed by atoms with van der Waals surface area (Å²) in [6.07, 6.45) is 1.85. The molecule has 1 fully saturated rings. The lowest BCUT2D eigenvalue weighted by Crippen LogP contribution is -2.54. The maximum Gasteiger partial charge on any atom is 0.219 e. The summed E-state index contributed by atoms with van der Waals surface area (Å²) in [6, 6.07) is -0.0147. The molecule has 0 aromatic heterocycles. The van der Waals surface area contributed by atoms with Gasteiger partial charge in [-0.15, -0.1) is 0 Å². The molecule has 0 radical (unpaired) electrons. The van der Waals surface area contributed by atoms with E-state index in [1.54, 1.807) is 6.92 Å². The lowest BCUT2D eigenvalue weighted by Gasteiger charge is -2.38. The lowest BCUT2D eigenvalue weighted by atomic mass is 10.1. The Hall–Kier alpha value is -1.30. The van der Waals surface area contributed by atoms with Crippen molar-refractivity contribution in [3.05, 3.63) is 0 Å². The molecule has 1 amide bonds. The molecule has 3 N–H and O–H groups in total. The minimum Gasteiger partial charge on any atom is -0.409 e. The largest absolute Gasteiger partial charge is 0.409 e. The molecule has 1 aliphatic heterocycles. The molecule has 6 heteroatoms. The third kappa shape index (κ3) is 3.59. The second kappa shape index (κ2) is 6.44. The zero-order valence-electron chi connectivity index (χ0n) is 10.6. The van der Waals surface area contributed by atoms with Crippen molar-refractivity contribution in [2.75, 3.05) is 26.2 Å². The maximum absolute atomic E-state index is 11.2. The van der Waals surface area contributed by atoms with Gasteiger partial charge in [0.05, 0.1) is 6.04 Å². The van der Waals surface area contributed by atoms with Gasteiger partial charge in [0.15, 0.2) is 5.84 Å². The Morgan fingerprint density at radius 1 is 1.41 bits per heavy atom. The second-order valence-electron chi connectivity index (χ2n) is 4.37. The van der Waals surface area contributed by atoms with E-state index in [4.69, 9.17) is 10.9 Å². The van der Waals surface area contributed by atoms with Crippen LogP contribution in [0.1, 0.15) is 26.7 Å². The first-order valence-corrected chi connectivity index (χ1v) is 6.07. The molecule has 0 spiro atoms. The van der Waals surface area contributed by atoms with Crippen LogP contribution in [0, 0.1) is 0 Å². The summed E-state index contributed by atoms with van der Waals surface area (Å²) in [6.45, 7) is 6.65. The van der Waals surface area contributed by atoms with Crippen LogP contribution in [0.4, 0.5) is 0 Å². The van der Waals surface area contributed by atoms with Gasteiger partial charge in [-0.3, -0.25) is 9.69 Å². The fourth-order valence-corrected chi connectivity index (χ4v) is 2.21. The Labute approximate surface area is 102 Å². The van der Waals surface area contributed by atoms with Crippen molar-refractivity contribution in [1.29, 1.82) is 0 Å². The van der Waals surface area contributed by atoms with Crippen molar-refractivity contribution < 1.29 is 10.0 Å². The average Bonchev–Trinajstić information content (AvgIpc) is 2.35. The zero-order chi connectivity index (χ0) is 12.8. The molecular weight excluding hydrogens is 220 g/mol. The molecule has 1 atom stereocenters. The molecule has 6 nitrogen and oxygen atoms in total. The topological polar surface area (TPSA) is 82.2 Å². The number of hydrogen-bond donors (Lipinski definition) is 2. The molecule has 17 heavy (non-hydrogen) atoms. The number of piperazine rings is 1. The number of rotatable bonds is 4. The van der Waals surface area contributed by atoms with Gasteiger partial charge in [0.1, 0.15) is 0 Å². The fraction of sp³-hybridized carbons (Fsp3) is 0.818. The van der Waals surface area contributed by atoms with Crippen LogP contribution < -0.4 is 5.73 Å². The van der Waals surface area contributed by atoms with Gasteiger partial charge in [-0.25, -0.2) is 0 Å². The monoisotopic (exact) mass is 242 g/mol. The summed E-state index contributed by atoms with van der Waals surface area (Å²) < 4.78 is 0. The van der Waals surface area contributed by atoms with Crippen LogP contribution >= 0.6 is 0 Å². The Kier molecular flexibility index (Phi) is 5.21. The molecule has 1 aliphatic rings. The number of nitrogens with two attached hydrogens (primary N) is 1. The van der Waals surface area contributed by atoms with E-state index >= 15 is 0 Å². The van der Waals surface area contributed by atoms with Gasteiger partial charge >= 0.3 is 0 Å². The summed E-state index contributed by atoms with van der Waals surface area (Å²) in [4.78, 5) is 15.2. The zero-order valence-corrected chi connectivity index (χ0v) is 10.6. The molecule has 0 aromatic carbocycles. The van der Waals surface area contributed by atoms with Crippen LogP contribution in [0.5, 0.6) is 0 Å². The minimum absolute atomic E-state index is 0.0147. The van der Waals surface area contributed by atoms with Crippen molar-refractivity contribution in [3.8, 4) is 0 Å². The van der Waals surface area contributed by atoms with Gasteiger partial charge in [0.25, 0.3) is 0 Å². The molecule has 0 aliphatic carbocycles. The quantitative estimate of drug-likeness (QED) is 0.316. The van der Waals surface area contributed by atoms with Crippen LogP contribution in [-0.4, -0.2) is 59.0 Å². The van der Waals surface area contributed by atoms with E-state index < -0.39 is 0 Å². The Bertz CT molecular complexity index is 285. The molecule has 1 unspecified atom stereocenters. The van der Waals surface area contributed by atoms with Crippen LogP contribution in [0.25, 0.3) is 0 Å². The minimum atomic E-state index is -0.0147. The summed E-state index contributed by atoms with van der Waals surface area (Å²) in [5.74, 6) is 0.378. The Balaban J connectivity index is 2.57. The van der Waals surface area contributed by atoms with E-state index in [1.165, 1.54) is 0 Å².